The van der Waals surface area contributed by atoms with E-state index in [2.05, 4.69) is 69.4 Å². The molecular formula is C71H130O6. The van der Waals surface area contributed by atoms with Crippen LogP contribution in [0.2, 0.25) is 0 Å². The second kappa shape index (κ2) is 65.9. The number of allylic oxidation sites excluding steroid dienone is 8. The van der Waals surface area contributed by atoms with Gasteiger partial charge in [-0.15, -0.1) is 0 Å². The monoisotopic (exact) mass is 1080 g/mol. The van der Waals surface area contributed by atoms with E-state index in [0.717, 1.165) is 89.9 Å². The zero-order valence-corrected chi connectivity index (χ0v) is 51.7. The number of esters is 3. The van der Waals surface area contributed by atoms with Gasteiger partial charge in [-0.1, -0.05) is 339 Å². The van der Waals surface area contributed by atoms with Gasteiger partial charge in [-0.2, -0.15) is 0 Å². The first-order valence-corrected chi connectivity index (χ1v) is 34.1. The number of hydrogen-bond acceptors (Lipinski definition) is 6. The lowest BCUT2D eigenvalue weighted by Crippen LogP contribution is -2.30. The van der Waals surface area contributed by atoms with E-state index >= 15 is 0 Å². The van der Waals surface area contributed by atoms with Gasteiger partial charge in [-0.3, -0.25) is 14.4 Å². The molecule has 6 nitrogen and oxygen atoms in total. The lowest BCUT2D eigenvalue weighted by atomic mass is 10.0. The molecule has 77 heavy (non-hydrogen) atoms. The molecule has 0 bridgehead atoms. The minimum absolute atomic E-state index is 0.0698. The Bertz CT molecular complexity index is 1330. The molecule has 0 aliphatic rings. The van der Waals surface area contributed by atoms with Crippen molar-refractivity contribution in [3.8, 4) is 0 Å². The van der Waals surface area contributed by atoms with Gasteiger partial charge in [-0.05, 0) is 57.8 Å². The van der Waals surface area contributed by atoms with E-state index in [9.17, 15) is 14.4 Å². The van der Waals surface area contributed by atoms with E-state index in [1.54, 1.807) is 0 Å². The second-order valence-electron chi connectivity index (χ2n) is 23.1. The summed E-state index contributed by atoms with van der Waals surface area (Å²) in [6, 6.07) is 0. The Morgan fingerprint density at radius 2 is 0.506 bits per heavy atom. The van der Waals surface area contributed by atoms with Crippen molar-refractivity contribution in [3.63, 3.8) is 0 Å². The molecule has 450 valence electrons. The molecule has 0 fully saturated rings. The van der Waals surface area contributed by atoms with Crippen LogP contribution < -0.4 is 0 Å². The SMILES string of the molecule is CC/C=C\C/C=C\C/C=C\C/C=C\CCCCCCCCCCC(=O)OCC(COC(=O)CCCCCCCCCCCCCCCCCCCC)OC(=O)CCCCCCCCCCCCCCCCCCCCCC. The molecule has 0 spiro atoms. The first kappa shape index (κ1) is 74.4. The maximum atomic E-state index is 13.0. The van der Waals surface area contributed by atoms with Crippen LogP contribution in [0.5, 0.6) is 0 Å². The van der Waals surface area contributed by atoms with E-state index in [-0.39, 0.29) is 31.1 Å². The molecule has 0 aromatic heterocycles. The fourth-order valence-corrected chi connectivity index (χ4v) is 10.3. The maximum Gasteiger partial charge on any atom is 0.306 e. The highest BCUT2D eigenvalue weighted by Gasteiger charge is 2.19. The summed E-state index contributed by atoms with van der Waals surface area (Å²) in [5, 5.41) is 0. The zero-order chi connectivity index (χ0) is 55.7. The Balaban J connectivity index is 4.33. The third-order valence-electron chi connectivity index (χ3n) is 15.3. The maximum absolute atomic E-state index is 13.0. The first-order valence-electron chi connectivity index (χ1n) is 34.1. The van der Waals surface area contributed by atoms with Gasteiger partial charge in [0.15, 0.2) is 6.10 Å². The van der Waals surface area contributed by atoms with Crippen molar-refractivity contribution in [1.29, 1.82) is 0 Å². The van der Waals surface area contributed by atoms with Gasteiger partial charge < -0.3 is 14.2 Å². The summed E-state index contributed by atoms with van der Waals surface area (Å²) < 4.78 is 17.0. The quantitative estimate of drug-likeness (QED) is 0.0261. The van der Waals surface area contributed by atoms with Crippen LogP contribution in [-0.4, -0.2) is 37.2 Å². The molecule has 0 heterocycles. The summed E-state index contributed by atoms with van der Waals surface area (Å²) in [6.45, 7) is 6.60. The molecular weight excluding hydrogens is 949 g/mol. The summed E-state index contributed by atoms with van der Waals surface area (Å²) in [5.74, 6) is -0.849. The van der Waals surface area contributed by atoms with Crippen molar-refractivity contribution < 1.29 is 28.6 Å². The zero-order valence-electron chi connectivity index (χ0n) is 51.7. The van der Waals surface area contributed by atoms with Gasteiger partial charge >= 0.3 is 17.9 Å². The molecule has 1 unspecified atom stereocenters. The molecule has 0 N–H and O–H groups in total. The van der Waals surface area contributed by atoms with Gasteiger partial charge in [0.2, 0.25) is 0 Å². The third-order valence-corrected chi connectivity index (χ3v) is 15.3. The largest absolute Gasteiger partial charge is 0.462 e. The Labute approximate surface area is 479 Å². The molecule has 0 rings (SSSR count). The molecule has 1 atom stereocenters. The molecule has 0 amide bonds. The van der Waals surface area contributed by atoms with Gasteiger partial charge in [0.25, 0.3) is 0 Å². The average Bonchev–Trinajstić information content (AvgIpc) is 3.43. The van der Waals surface area contributed by atoms with Crippen LogP contribution in [0.15, 0.2) is 48.6 Å². The number of carbonyl (C=O) groups is 3. The summed E-state index contributed by atoms with van der Waals surface area (Å²) >= 11 is 0. The standard InChI is InChI=1S/C71H130O6/c1-4-7-10-13-16-19-22-25-28-31-34-36-38-40-43-46-49-52-55-58-61-64-70(73)76-67-68(66-75-69(72)63-60-57-54-51-48-45-42-39-33-30-27-24-21-18-15-12-9-6-3)77-71(74)65-62-59-56-53-50-47-44-41-37-35-32-29-26-23-20-17-14-11-8-5-2/h7,10,16,19,25,28,34,36,68H,4-6,8-9,11-15,17-18,20-24,26-27,29-33,35,37-67H2,1-3H3/b10-7-,19-16-,28-25-,36-34-. The highest BCUT2D eigenvalue weighted by molar-refractivity contribution is 5.71. The molecule has 0 saturated heterocycles. The van der Waals surface area contributed by atoms with E-state index in [1.165, 1.54) is 238 Å². The van der Waals surface area contributed by atoms with Gasteiger partial charge in [0, 0.05) is 19.3 Å². The Kier molecular flexibility index (Phi) is 63.6. The molecule has 0 radical (unpaired) electrons. The van der Waals surface area contributed by atoms with Crippen LogP contribution in [0.1, 0.15) is 367 Å². The molecule has 6 heteroatoms. The Hall–Kier alpha value is -2.63. The third kappa shape index (κ3) is 64.1. The molecule has 0 aromatic rings. The predicted octanol–water partition coefficient (Wildman–Crippen LogP) is 23.3. The molecule has 0 saturated carbocycles. The Morgan fingerprint density at radius 1 is 0.273 bits per heavy atom. The number of unbranched alkanes of at least 4 members (excludes halogenated alkanes) is 44. The van der Waals surface area contributed by atoms with Crippen molar-refractivity contribution in [3.05, 3.63) is 48.6 Å². The van der Waals surface area contributed by atoms with Crippen LogP contribution in [0.4, 0.5) is 0 Å². The summed E-state index contributed by atoms with van der Waals surface area (Å²) in [6.07, 6.45) is 82.6. The summed E-state index contributed by atoms with van der Waals surface area (Å²) in [5.41, 5.74) is 0. The number of hydrogen-bond donors (Lipinski definition) is 0. The second-order valence-corrected chi connectivity index (χ2v) is 23.1. The number of ether oxygens (including phenoxy) is 3. The minimum Gasteiger partial charge on any atom is -0.462 e. The molecule has 0 aliphatic heterocycles. The van der Waals surface area contributed by atoms with Crippen molar-refractivity contribution >= 4 is 17.9 Å². The van der Waals surface area contributed by atoms with Crippen LogP contribution in [0.3, 0.4) is 0 Å². The molecule has 0 aromatic carbocycles. The van der Waals surface area contributed by atoms with E-state index < -0.39 is 6.10 Å². The lowest BCUT2D eigenvalue weighted by molar-refractivity contribution is -0.167. The van der Waals surface area contributed by atoms with E-state index in [1.807, 2.05) is 0 Å². The average molecular weight is 1080 g/mol. The van der Waals surface area contributed by atoms with Crippen LogP contribution in [-0.2, 0) is 28.6 Å². The van der Waals surface area contributed by atoms with Gasteiger partial charge in [0.1, 0.15) is 13.2 Å². The number of carbonyl (C=O) groups excluding carboxylic acids is 3. The van der Waals surface area contributed by atoms with Crippen molar-refractivity contribution in [2.75, 3.05) is 13.2 Å². The first-order chi connectivity index (χ1) is 38.0. The predicted molar refractivity (Wildman–Crippen MR) is 335 cm³/mol. The van der Waals surface area contributed by atoms with Crippen LogP contribution in [0.25, 0.3) is 0 Å². The summed E-state index contributed by atoms with van der Waals surface area (Å²) in [4.78, 5) is 38.4. The van der Waals surface area contributed by atoms with Crippen molar-refractivity contribution in [2.24, 2.45) is 0 Å². The normalized spacial score (nSPS) is 12.3. The van der Waals surface area contributed by atoms with Crippen LogP contribution >= 0.6 is 0 Å². The fraction of sp³-hybridized carbons (Fsp3) is 0.845. The molecule has 0 aliphatic carbocycles. The van der Waals surface area contributed by atoms with E-state index in [4.69, 9.17) is 14.2 Å². The van der Waals surface area contributed by atoms with Crippen molar-refractivity contribution in [1.82, 2.24) is 0 Å². The van der Waals surface area contributed by atoms with Gasteiger partial charge in [0.05, 0.1) is 0 Å². The highest BCUT2D eigenvalue weighted by Crippen LogP contribution is 2.18. The Morgan fingerprint density at radius 3 is 0.792 bits per heavy atom. The van der Waals surface area contributed by atoms with Crippen LogP contribution in [0, 0.1) is 0 Å². The van der Waals surface area contributed by atoms with Gasteiger partial charge in [-0.25, -0.2) is 0 Å². The minimum atomic E-state index is -0.774. The van der Waals surface area contributed by atoms with E-state index in [0.29, 0.717) is 19.3 Å². The highest BCUT2D eigenvalue weighted by atomic mass is 16.6. The van der Waals surface area contributed by atoms with Crippen molar-refractivity contribution in [2.45, 2.75) is 374 Å². The summed E-state index contributed by atoms with van der Waals surface area (Å²) in [7, 11) is 0. The topological polar surface area (TPSA) is 78.9 Å². The lowest BCUT2D eigenvalue weighted by Gasteiger charge is -2.18. The fourth-order valence-electron chi connectivity index (χ4n) is 10.3. The number of rotatable bonds is 63. The smallest absolute Gasteiger partial charge is 0.306 e.